The van der Waals surface area contributed by atoms with Crippen LogP contribution in [-0.2, 0) is 6.42 Å². The number of imidazole rings is 1. The summed E-state index contributed by atoms with van der Waals surface area (Å²) in [7, 11) is 0. The van der Waals surface area contributed by atoms with Gasteiger partial charge in [0.15, 0.2) is 5.82 Å². The summed E-state index contributed by atoms with van der Waals surface area (Å²) in [4.78, 5) is 16.8. The Morgan fingerprint density at radius 1 is 1.52 bits per heavy atom. The first-order chi connectivity index (χ1) is 10.2. The maximum atomic E-state index is 12.5. The lowest BCUT2D eigenvalue weighted by Gasteiger charge is -2.11. The molecule has 0 aliphatic heterocycles. The molecule has 1 amide bonds. The second-order valence-electron chi connectivity index (χ2n) is 5.36. The summed E-state index contributed by atoms with van der Waals surface area (Å²) in [6, 6.07) is 3.57. The van der Waals surface area contributed by atoms with Gasteiger partial charge in [-0.1, -0.05) is 12.1 Å². The highest BCUT2D eigenvalue weighted by Gasteiger charge is 2.25. The van der Waals surface area contributed by atoms with E-state index < -0.39 is 0 Å². The summed E-state index contributed by atoms with van der Waals surface area (Å²) in [6.07, 6.45) is 7.20. The first-order valence-electron chi connectivity index (χ1n) is 6.94. The van der Waals surface area contributed by atoms with Crippen molar-refractivity contribution in [1.29, 1.82) is 0 Å². The summed E-state index contributed by atoms with van der Waals surface area (Å²) in [5.74, 6) is 0.644. The number of anilines is 1. The van der Waals surface area contributed by atoms with Crippen molar-refractivity contribution in [3.8, 4) is 0 Å². The summed E-state index contributed by atoms with van der Waals surface area (Å²) in [5, 5.41) is 6.43. The topological polar surface area (TPSA) is 72.4 Å². The van der Waals surface area contributed by atoms with Crippen molar-refractivity contribution in [2.75, 3.05) is 5.32 Å². The van der Waals surface area contributed by atoms with Gasteiger partial charge in [0.2, 0.25) is 0 Å². The van der Waals surface area contributed by atoms with Crippen molar-refractivity contribution in [2.45, 2.75) is 25.7 Å². The second kappa shape index (κ2) is 4.44. The zero-order chi connectivity index (χ0) is 14.4. The van der Waals surface area contributed by atoms with E-state index in [1.165, 1.54) is 17.5 Å². The minimum absolute atomic E-state index is 0.220. The van der Waals surface area contributed by atoms with Gasteiger partial charge < -0.3 is 14.2 Å². The molecule has 0 bridgehead atoms. The summed E-state index contributed by atoms with van der Waals surface area (Å²) >= 11 is 0. The normalized spacial score (nSPS) is 17.1. The Bertz CT molecular complexity index is 820. The van der Waals surface area contributed by atoms with Crippen LogP contribution in [0.5, 0.6) is 0 Å². The first-order valence-corrected chi connectivity index (χ1v) is 6.94. The van der Waals surface area contributed by atoms with Crippen LogP contribution in [0.3, 0.4) is 0 Å². The van der Waals surface area contributed by atoms with Crippen LogP contribution in [0.25, 0.3) is 5.65 Å². The Labute approximate surface area is 120 Å². The molecule has 0 spiro atoms. The number of aryl methyl sites for hydroxylation is 1. The highest BCUT2D eigenvalue weighted by Crippen LogP contribution is 2.34. The van der Waals surface area contributed by atoms with Crippen LogP contribution in [0, 0.1) is 0 Å². The van der Waals surface area contributed by atoms with E-state index in [2.05, 4.69) is 22.4 Å². The largest absolute Gasteiger partial charge is 0.363 e. The number of carbonyl (C=O) groups excluding carboxylic acids is 1. The molecule has 3 aromatic heterocycles. The number of rotatable bonds is 2. The van der Waals surface area contributed by atoms with Crippen LogP contribution < -0.4 is 5.32 Å². The van der Waals surface area contributed by atoms with E-state index in [1.54, 1.807) is 12.3 Å². The van der Waals surface area contributed by atoms with Gasteiger partial charge in [0.1, 0.15) is 11.9 Å². The Morgan fingerprint density at radius 3 is 3.24 bits per heavy atom. The summed E-state index contributed by atoms with van der Waals surface area (Å²) < 4.78 is 6.75. The van der Waals surface area contributed by atoms with Crippen molar-refractivity contribution in [3.63, 3.8) is 0 Å². The molecule has 106 valence electrons. The number of nitrogens with zero attached hydrogens (tertiary/aromatic N) is 3. The van der Waals surface area contributed by atoms with Gasteiger partial charge in [0, 0.05) is 24.2 Å². The van der Waals surface area contributed by atoms with E-state index in [0.717, 1.165) is 12.8 Å². The van der Waals surface area contributed by atoms with Gasteiger partial charge in [-0.05, 0) is 30.4 Å². The van der Waals surface area contributed by atoms with E-state index in [9.17, 15) is 4.79 Å². The first kappa shape index (κ1) is 12.1. The molecule has 0 unspecified atom stereocenters. The molecule has 1 aliphatic rings. The average molecular weight is 282 g/mol. The van der Waals surface area contributed by atoms with Crippen LogP contribution in [0.2, 0.25) is 0 Å². The number of nitrogens with one attached hydrogen (secondary N) is 1. The van der Waals surface area contributed by atoms with Gasteiger partial charge in [-0.15, -0.1) is 0 Å². The molecule has 21 heavy (non-hydrogen) atoms. The lowest BCUT2D eigenvalue weighted by Crippen LogP contribution is -2.15. The smallest absolute Gasteiger partial charge is 0.260 e. The van der Waals surface area contributed by atoms with Crippen LogP contribution in [0.15, 0.2) is 35.3 Å². The number of fused-ring (bicyclic) bond motifs is 3. The van der Waals surface area contributed by atoms with Crippen molar-refractivity contribution in [1.82, 2.24) is 14.5 Å². The van der Waals surface area contributed by atoms with Crippen molar-refractivity contribution < 1.29 is 9.32 Å². The molecule has 6 heteroatoms. The van der Waals surface area contributed by atoms with E-state index in [-0.39, 0.29) is 5.91 Å². The van der Waals surface area contributed by atoms with Crippen molar-refractivity contribution in [2.24, 2.45) is 0 Å². The molecule has 1 atom stereocenters. The average Bonchev–Trinajstić information content (AvgIpc) is 3.18. The quantitative estimate of drug-likeness (QED) is 0.784. The Balaban J connectivity index is 1.83. The number of amides is 1. The summed E-state index contributed by atoms with van der Waals surface area (Å²) in [6.45, 7) is 2.19. The molecule has 6 nitrogen and oxygen atoms in total. The molecule has 1 N–H and O–H groups in total. The number of aromatic nitrogens is 3. The molecule has 3 heterocycles. The zero-order valence-corrected chi connectivity index (χ0v) is 11.5. The molecule has 0 saturated heterocycles. The second-order valence-corrected chi connectivity index (χ2v) is 5.36. The van der Waals surface area contributed by atoms with Crippen LogP contribution >= 0.6 is 0 Å². The molecule has 0 aromatic carbocycles. The molecular weight excluding hydrogens is 268 g/mol. The van der Waals surface area contributed by atoms with Gasteiger partial charge >= 0.3 is 0 Å². The third-order valence-corrected chi connectivity index (χ3v) is 4.07. The third kappa shape index (κ3) is 1.83. The third-order valence-electron chi connectivity index (χ3n) is 4.07. The van der Waals surface area contributed by atoms with Crippen LogP contribution in [0.1, 0.15) is 40.9 Å². The molecular formula is C15H14N4O2. The predicted octanol–water partition coefficient (Wildman–Crippen LogP) is 2.62. The molecule has 0 fully saturated rings. The standard InChI is InChI=1S/C15H14N4O2/c1-9-2-3-12-10(9)8-11(14-16-5-6-19(12)14)15(20)17-13-4-7-21-18-13/h4-9H,2-3H2,1H3,(H,17,18,20)/t9-/m1/s1. The Kier molecular flexibility index (Phi) is 2.57. The van der Waals surface area contributed by atoms with Crippen molar-refractivity contribution >= 4 is 17.4 Å². The minimum Gasteiger partial charge on any atom is -0.363 e. The Morgan fingerprint density at radius 2 is 2.43 bits per heavy atom. The zero-order valence-electron chi connectivity index (χ0n) is 11.5. The van der Waals surface area contributed by atoms with Gasteiger partial charge in [-0.3, -0.25) is 4.79 Å². The molecule has 4 rings (SSSR count). The molecule has 0 saturated carbocycles. The highest BCUT2D eigenvalue weighted by molar-refractivity contribution is 6.08. The fraction of sp³-hybridized carbons (Fsp3) is 0.267. The lowest BCUT2D eigenvalue weighted by molar-refractivity contribution is 0.102. The van der Waals surface area contributed by atoms with Gasteiger partial charge in [0.05, 0.1) is 5.56 Å². The predicted molar refractivity (Wildman–Crippen MR) is 76.4 cm³/mol. The fourth-order valence-electron chi connectivity index (χ4n) is 2.99. The van der Waals surface area contributed by atoms with Gasteiger partial charge in [0.25, 0.3) is 5.91 Å². The molecule has 3 aromatic rings. The van der Waals surface area contributed by atoms with Gasteiger partial charge in [-0.25, -0.2) is 4.98 Å². The highest BCUT2D eigenvalue weighted by atomic mass is 16.5. The number of pyridine rings is 1. The van der Waals surface area contributed by atoms with Crippen LogP contribution in [-0.4, -0.2) is 20.4 Å². The van der Waals surface area contributed by atoms with Crippen LogP contribution in [0.4, 0.5) is 5.82 Å². The van der Waals surface area contributed by atoms with E-state index >= 15 is 0 Å². The molecule has 0 radical (unpaired) electrons. The van der Waals surface area contributed by atoms with E-state index in [4.69, 9.17) is 4.52 Å². The minimum atomic E-state index is -0.220. The van der Waals surface area contributed by atoms with Gasteiger partial charge in [-0.2, -0.15) is 0 Å². The molecule has 1 aliphatic carbocycles. The SMILES string of the molecule is C[C@@H]1CCc2c1cc(C(=O)Nc1ccon1)c1nccn21. The number of carbonyl (C=O) groups is 1. The van der Waals surface area contributed by atoms with Crippen molar-refractivity contribution in [3.05, 3.63) is 47.6 Å². The fourth-order valence-corrected chi connectivity index (χ4v) is 2.99. The monoisotopic (exact) mass is 282 g/mol. The van der Waals surface area contributed by atoms with E-state index in [0.29, 0.717) is 22.9 Å². The van der Waals surface area contributed by atoms with E-state index in [1.807, 2.05) is 16.7 Å². The lowest BCUT2D eigenvalue weighted by atomic mass is 10.0. The number of hydrogen-bond acceptors (Lipinski definition) is 4. The summed E-state index contributed by atoms with van der Waals surface area (Å²) in [5.41, 5.74) is 3.73. The maximum Gasteiger partial charge on any atom is 0.260 e. The number of hydrogen-bond donors (Lipinski definition) is 1. The maximum absolute atomic E-state index is 12.5. The Hall–Kier alpha value is -2.63.